The molecular formula is C19H19NO3S. The van der Waals surface area contributed by atoms with Crippen LogP contribution in [-0.2, 0) is 27.2 Å². The molecule has 0 bridgehead atoms. The van der Waals surface area contributed by atoms with Crippen LogP contribution >= 0.6 is 11.8 Å². The highest BCUT2D eigenvalue weighted by molar-refractivity contribution is 8.00. The number of hydrogen-bond donors (Lipinski definition) is 1. The standard InChI is InChI=1S/C19H19NO3S/c21-18(20-16-10-9-14-5-4-6-15(14)11-16)12-23-19(22)13-24-17-7-2-1-3-8-17/h1-3,7-11H,4-6,12-13H2,(H,20,21). The van der Waals surface area contributed by atoms with Crippen molar-refractivity contribution in [3.63, 3.8) is 0 Å². The largest absolute Gasteiger partial charge is 0.455 e. The number of rotatable bonds is 6. The van der Waals surface area contributed by atoms with E-state index in [1.54, 1.807) is 0 Å². The van der Waals surface area contributed by atoms with Gasteiger partial charge in [-0.15, -0.1) is 11.8 Å². The Morgan fingerprint density at radius 2 is 1.83 bits per heavy atom. The van der Waals surface area contributed by atoms with E-state index in [4.69, 9.17) is 4.74 Å². The van der Waals surface area contributed by atoms with Crippen molar-refractivity contribution in [2.45, 2.75) is 24.2 Å². The zero-order chi connectivity index (χ0) is 16.8. The minimum atomic E-state index is -0.395. The Morgan fingerprint density at radius 3 is 2.67 bits per heavy atom. The van der Waals surface area contributed by atoms with E-state index >= 15 is 0 Å². The number of ether oxygens (including phenoxy) is 1. The van der Waals surface area contributed by atoms with E-state index in [0.29, 0.717) is 0 Å². The Labute approximate surface area is 145 Å². The molecule has 0 atom stereocenters. The van der Waals surface area contributed by atoms with E-state index in [1.807, 2.05) is 42.5 Å². The summed E-state index contributed by atoms with van der Waals surface area (Å²) < 4.78 is 5.02. The van der Waals surface area contributed by atoms with E-state index in [-0.39, 0.29) is 18.3 Å². The maximum atomic E-state index is 11.9. The molecule has 0 saturated heterocycles. The van der Waals surface area contributed by atoms with Gasteiger partial charge in [-0.05, 0) is 54.7 Å². The Balaban J connectivity index is 1.41. The molecule has 24 heavy (non-hydrogen) atoms. The summed E-state index contributed by atoms with van der Waals surface area (Å²) in [5.41, 5.74) is 3.41. The van der Waals surface area contributed by atoms with Crippen LogP contribution in [0.25, 0.3) is 0 Å². The first-order chi connectivity index (χ1) is 11.7. The number of carbonyl (C=O) groups is 2. The van der Waals surface area contributed by atoms with Crippen LogP contribution in [0.1, 0.15) is 17.5 Å². The van der Waals surface area contributed by atoms with E-state index in [1.165, 1.54) is 29.3 Å². The fourth-order valence-corrected chi connectivity index (χ4v) is 3.41. The van der Waals surface area contributed by atoms with Crippen LogP contribution in [-0.4, -0.2) is 24.2 Å². The van der Waals surface area contributed by atoms with E-state index in [2.05, 4.69) is 11.4 Å². The van der Waals surface area contributed by atoms with Gasteiger partial charge < -0.3 is 10.1 Å². The summed E-state index contributed by atoms with van der Waals surface area (Å²) in [4.78, 5) is 24.6. The number of nitrogens with one attached hydrogen (secondary N) is 1. The molecule has 0 unspecified atom stereocenters. The monoisotopic (exact) mass is 341 g/mol. The van der Waals surface area contributed by atoms with Crippen LogP contribution in [0.2, 0.25) is 0 Å². The minimum absolute atomic E-state index is 0.191. The van der Waals surface area contributed by atoms with Crippen molar-refractivity contribution in [3.8, 4) is 0 Å². The highest BCUT2D eigenvalue weighted by Crippen LogP contribution is 2.24. The quantitative estimate of drug-likeness (QED) is 0.646. The number of anilines is 1. The van der Waals surface area contributed by atoms with Crippen molar-refractivity contribution in [2.24, 2.45) is 0 Å². The molecule has 4 nitrogen and oxygen atoms in total. The lowest BCUT2D eigenvalue weighted by Crippen LogP contribution is -2.21. The molecule has 0 aromatic heterocycles. The van der Waals surface area contributed by atoms with Crippen LogP contribution in [0, 0.1) is 0 Å². The number of carbonyl (C=O) groups excluding carboxylic acids is 2. The smallest absolute Gasteiger partial charge is 0.316 e. The van der Waals surface area contributed by atoms with E-state index in [0.717, 1.165) is 23.4 Å². The number of benzene rings is 2. The van der Waals surface area contributed by atoms with Gasteiger partial charge in [0.15, 0.2) is 6.61 Å². The highest BCUT2D eigenvalue weighted by atomic mass is 32.2. The van der Waals surface area contributed by atoms with Gasteiger partial charge in [0.2, 0.25) is 0 Å². The van der Waals surface area contributed by atoms with Crippen molar-refractivity contribution < 1.29 is 14.3 Å². The average Bonchev–Trinajstić information content (AvgIpc) is 3.07. The van der Waals surface area contributed by atoms with E-state index in [9.17, 15) is 9.59 Å². The summed E-state index contributed by atoms with van der Waals surface area (Å²) in [5, 5.41) is 2.78. The third-order valence-electron chi connectivity index (χ3n) is 3.85. The summed E-state index contributed by atoms with van der Waals surface area (Å²) in [7, 11) is 0. The van der Waals surface area contributed by atoms with Crippen molar-refractivity contribution in [1.29, 1.82) is 0 Å². The van der Waals surface area contributed by atoms with Crippen LogP contribution < -0.4 is 5.32 Å². The molecule has 0 aliphatic heterocycles. The predicted molar refractivity (Wildman–Crippen MR) is 95.2 cm³/mol. The Kier molecular flexibility index (Phi) is 5.54. The molecule has 5 heteroatoms. The predicted octanol–water partition coefficient (Wildman–Crippen LogP) is 3.45. The van der Waals surface area contributed by atoms with Crippen molar-refractivity contribution in [2.75, 3.05) is 17.7 Å². The van der Waals surface area contributed by atoms with Gasteiger partial charge in [0, 0.05) is 10.6 Å². The summed E-state index contributed by atoms with van der Waals surface area (Å²) in [6.07, 6.45) is 3.34. The molecule has 3 rings (SSSR count). The molecule has 0 heterocycles. The normalized spacial score (nSPS) is 12.5. The first kappa shape index (κ1) is 16.6. The minimum Gasteiger partial charge on any atom is -0.455 e. The lowest BCUT2D eigenvalue weighted by Gasteiger charge is -2.08. The van der Waals surface area contributed by atoms with Gasteiger partial charge in [0.05, 0.1) is 5.75 Å². The molecule has 0 saturated carbocycles. The molecule has 1 aliphatic rings. The SMILES string of the molecule is O=C(COC(=O)CSc1ccccc1)Nc1ccc2c(c1)CCC2. The van der Waals surface area contributed by atoms with Crippen molar-refractivity contribution >= 4 is 29.3 Å². The third-order valence-corrected chi connectivity index (χ3v) is 4.83. The second kappa shape index (κ2) is 8.02. The van der Waals surface area contributed by atoms with Crippen LogP contribution in [0.15, 0.2) is 53.4 Å². The molecule has 0 spiro atoms. The fraction of sp³-hybridized carbons (Fsp3) is 0.263. The summed E-state index contributed by atoms with van der Waals surface area (Å²) in [5.74, 6) is -0.519. The lowest BCUT2D eigenvalue weighted by atomic mass is 10.1. The van der Waals surface area contributed by atoms with E-state index < -0.39 is 5.97 Å². The number of thioether (sulfide) groups is 1. The molecule has 0 radical (unpaired) electrons. The van der Waals surface area contributed by atoms with Gasteiger partial charge in [-0.25, -0.2) is 0 Å². The highest BCUT2D eigenvalue weighted by Gasteiger charge is 2.13. The third kappa shape index (κ3) is 4.61. The summed E-state index contributed by atoms with van der Waals surface area (Å²) in [6, 6.07) is 15.6. The molecule has 2 aromatic rings. The maximum Gasteiger partial charge on any atom is 0.316 e. The zero-order valence-corrected chi connectivity index (χ0v) is 14.1. The molecule has 124 valence electrons. The first-order valence-corrected chi connectivity index (χ1v) is 8.94. The molecule has 1 amide bonds. The van der Waals surface area contributed by atoms with Crippen molar-refractivity contribution in [3.05, 3.63) is 59.7 Å². The number of esters is 1. The average molecular weight is 341 g/mol. The Morgan fingerprint density at radius 1 is 1.04 bits per heavy atom. The molecular weight excluding hydrogens is 322 g/mol. The maximum absolute atomic E-state index is 11.9. The molecule has 1 N–H and O–H groups in total. The van der Waals surface area contributed by atoms with Gasteiger partial charge in [0.1, 0.15) is 0 Å². The van der Waals surface area contributed by atoms with Crippen LogP contribution in [0.3, 0.4) is 0 Å². The topological polar surface area (TPSA) is 55.4 Å². The number of hydrogen-bond acceptors (Lipinski definition) is 4. The summed E-state index contributed by atoms with van der Waals surface area (Å²) in [6.45, 7) is -0.259. The van der Waals surface area contributed by atoms with Crippen LogP contribution in [0.5, 0.6) is 0 Å². The number of aryl methyl sites for hydroxylation is 2. The summed E-state index contributed by atoms with van der Waals surface area (Å²) >= 11 is 1.39. The molecule has 0 fully saturated rings. The van der Waals surface area contributed by atoms with Gasteiger partial charge in [-0.3, -0.25) is 9.59 Å². The van der Waals surface area contributed by atoms with Crippen molar-refractivity contribution in [1.82, 2.24) is 0 Å². The van der Waals surface area contributed by atoms with Gasteiger partial charge in [-0.1, -0.05) is 24.3 Å². The van der Waals surface area contributed by atoms with Gasteiger partial charge >= 0.3 is 5.97 Å². The Hall–Kier alpha value is -2.27. The Bertz CT molecular complexity index is 731. The first-order valence-electron chi connectivity index (χ1n) is 7.96. The van der Waals surface area contributed by atoms with Gasteiger partial charge in [-0.2, -0.15) is 0 Å². The molecule has 2 aromatic carbocycles. The zero-order valence-electron chi connectivity index (χ0n) is 13.3. The van der Waals surface area contributed by atoms with Crippen LogP contribution in [0.4, 0.5) is 5.69 Å². The second-order valence-corrected chi connectivity index (χ2v) is 6.70. The molecule has 1 aliphatic carbocycles. The number of amides is 1. The number of fused-ring (bicyclic) bond motifs is 1. The fourth-order valence-electron chi connectivity index (χ4n) is 2.69. The van der Waals surface area contributed by atoms with Gasteiger partial charge in [0.25, 0.3) is 5.91 Å². The lowest BCUT2D eigenvalue weighted by molar-refractivity contribution is -0.144. The second-order valence-electron chi connectivity index (χ2n) is 5.65.